The van der Waals surface area contributed by atoms with Crippen LogP contribution in [0.25, 0.3) is 0 Å². The molecule has 0 aromatic carbocycles. The molecular formula is C15H18BrN3O7. The highest BCUT2D eigenvalue weighted by Crippen LogP contribution is 2.33. The lowest BCUT2D eigenvalue weighted by atomic mass is 10.2. The molecule has 0 bridgehead atoms. The second kappa shape index (κ2) is 8.41. The molecule has 4 atom stereocenters. The highest BCUT2D eigenvalue weighted by molar-refractivity contribution is 9.09. The highest BCUT2D eigenvalue weighted by atomic mass is 79.9. The van der Waals surface area contributed by atoms with Crippen molar-refractivity contribution in [2.24, 2.45) is 0 Å². The molecule has 2 heterocycles. The average Bonchev–Trinajstić information content (AvgIpc) is 2.81. The predicted molar refractivity (Wildman–Crippen MR) is 91.6 cm³/mol. The number of halogens is 1. The van der Waals surface area contributed by atoms with E-state index < -0.39 is 46.8 Å². The van der Waals surface area contributed by atoms with E-state index in [2.05, 4.69) is 25.9 Å². The number of rotatable bonds is 5. The largest absolute Gasteiger partial charge is 0.463 e. The molecule has 10 nitrogen and oxygen atoms in total. The van der Waals surface area contributed by atoms with E-state index in [-0.39, 0.29) is 12.4 Å². The molecule has 1 saturated heterocycles. The number of aromatic nitrogens is 2. The number of alkyl halides is 1. The molecule has 1 fully saturated rings. The summed E-state index contributed by atoms with van der Waals surface area (Å²) in [7, 11) is 0. The van der Waals surface area contributed by atoms with Gasteiger partial charge < -0.3 is 14.2 Å². The third kappa shape index (κ3) is 4.67. The van der Waals surface area contributed by atoms with Crippen LogP contribution in [0.2, 0.25) is 0 Å². The number of ether oxygens (including phenoxy) is 3. The second-order valence-corrected chi connectivity index (χ2v) is 6.59. The zero-order valence-corrected chi connectivity index (χ0v) is 15.9. The Labute approximate surface area is 156 Å². The van der Waals surface area contributed by atoms with Crippen LogP contribution < -0.4 is 10.6 Å². The van der Waals surface area contributed by atoms with E-state index in [0.717, 1.165) is 4.90 Å². The van der Waals surface area contributed by atoms with Crippen molar-refractivity contribution in [1.29, 1.82) is 0 Å². The molecule has 0 aliphatic carbocycles. The van der Waals surface area contributed by atoms with Crippen LogP contribution in [0.3, 0.4) is 0 Å². The molecule has 11 heteroatoms. The SMILES string of the molecule is CC(=O)OC[C@H]1O[C@@H](N(C(C)=O)c2ccnc(=O)[nH]2)[C@H](OC(C)=O)[C@H]1Br. The molecule has 26 heavy (non-hydrogen) atoms. The van der Waals surface area contributed by atoms with E-state index in [1.807, 2.05) is 0 Å². The Hall–Kier alpha value is -2.27. The van der Waals surface area contributed by atoms with E-state index in [1.165, 1.54) is 33.0 Å². The van der Waals surface area contributed by atoms with Gasteiger partial charge in [-0.3, -0.25) is 24.3 Å². The summed E-state index contributed by atoms with van der Waals surface area (Å²) in [6.45, 7) is 3.65. The van der Waals surface area contributed by atoms with E-state index in [0.29, 0.717) is 0 Å². The highest BCUT2D eigenvalue weighted by Gasteiger charge is 2.50. The van der Waals surface area contributed by atoms with Crippen LogP contribution in [0.5, 0.6) is 0 Å². The molecule has 0 unspecified atom stereocenters. The number of hydrogen-bond acceptors (Lipinski definition) is 8. The molecule has 142 valence electrons. The third-order valence-corrected chi connectivity index (χ3v) is 4.64. The summed E-state index contributed by atoms with van der Waals surface area (Å²) >= 11 is 3.38. The fourth-order valence-electron chi connectivity index (χ4n) is 2.54. The molecule has 0 spiro atoms. The summed E-state index contributed by atoms with van der Waals surface area (Å²) in [5.41, 5.74) is -0.650. The number of esters is 2. The van der Waals surface area contributed by atoms with Crippen molar-refractivity contribution in [1.82, 2.24) is 9.97 Å². The smallest absolute Gasteiger partial charge is 0.346 e. The van der Waals surface area contributed by atoms with Gasteiger partial charge >= 0.3 is 17.6 Å². The zero-order chi connectivity index (χ0) is 19.4. The topological polar surface area (TPSA) is 128 Å². The number of nitrogens with zero attached hydrogens (tertiary/aromatic N) is 2. The molecule has 1 aromatic heterocycles. The van der Waals surface area contributed by atoms with Gasteiger partial charge in [0.2, 0.25) is 5.91 Å². The minimum atomic E-state index is -1.04. The van der Waals surface area contributed by atoms with Gasteiger partial charge in [-0.05, 0) is 6.07 Å². The lowest BCUT2D eigenvalue weighted by Gasteiger charge is -2.30. The van der Waals surface area contributed by atoms with Gasteiger partial charge in [-0.15, -0.1) is 0 Å². The van der Waals surface area contributed by atoms with Gasteiger partial charge in [-0.2, -0.15) is 0 Å². The Kier molecular flexibility index (Phi) is 6.48. The first kappa shape index (κ1) is 20.0. The van der Waals surface area contributed by atoms with Crippen LogP contribution >= 0.6 is 15.9 Å². The lowest BCUT2D eigenvalue weighted by molar-refractivity contribution is -0.150. The maximum Gasteiger partial charge on any atom is 0.346 e. The summed E-state index contributed by atoms with van der Waals surface area (Å²) in [6.07, 6.45) is -1.38. The Balaban J connectivity index is 2.36. The van der Waals surface area contributed by atoms with E-state index in [9.17, 15) is 19.2 Å². The summed E-state index contributed by atoms with van der Waals surface area (Å²) < 4.78 is 16.1. The molecule has 0 saturated carbocycles. The summed E-state index contributed by atoms with van der Waals surface area (Å²) in [5.74, 6) is -1.40. The normalized spacial score (nSPS) is 24.8. The van der Waals surface area contributed by atoms with Crippen molar-refractivity contribution in [3.63, 3.8) is 0 Å². The first-order valence-corrected chi connectivity index (χ1v) is 8.57. The molecule has 1 aliphatic rings. The summed E-state index contributed by atoms with van der Waals surface area (Å²) in [6, 6.07) is 1.42. The average molecular weight is 432 g/mol. The van der Waals surface area contributed by atoms with Crippen LogP contribution in [0, 0.1) is 0 Å². The molecular weight excluding hydrogens is 414 g/mol. The Bertz CT molecular complexity index is 753. The van der Waals surface area contributed by atoms with Crippen molar-refractivity contribution < 1.29 is 28.6 Å². The number of H-pyrrole nitrogens is 1. The first-order chi connectivity index (χ1) is 12.2. The van der Waals surface area contributed by atoms with Gasteiger partial charge in [0.15, 0.2) is 12.3 Å². The Morgan fingerprint density at radius 2 is 2.00 bits per heavy atom. The number of hydrogen-bond donors (Lipinski definition) is 1. The predicted octanol–water partition coefficient (Wildman–Crippen LogP) is 0.106. The third-order valence-electron chi connectivity index (χ3n) is 3.53. The van der Waals surface area contributed by atoms with Crippen molar-refractivity contribution in [2.75, 3.05) is 11.5 Å². The molecule has 1 N–H and O–H groups in total. The number of aromatic amines is 1. The van der Waals surface area contributed by atoms with Crippen LogP contribution in [-0.4, -0.2) is 57.7 Å². The van der Waals surface area contributed by atoms with Crippen molar-refractivity contribution in [2.45, 2.75) is 44.0 Å². The first-order valence-electron chi connectivity index (χ1n) is 7.66. The van der Waals surface area contributed by atoms with Gasteiger partial charge in [-0.25, -0.2) is 9.78 Å². The van der Waals surface area contributed by atoms with Gasteiger partial charge in [0, 0.05) is 27.0 Å². The fraction of sp³-hybridized carbons (Fsp3) is 0.533. The minimum absolute atomic E-state index is 0.0991. The van der Waals surface area contributed by atoms with E-state index in [4.69, 9.17) is 14.2 Å². The zero-order valence-electron chi connectivity index (χ0n) is 14.3. The lowest BCUT2D eigenvalue weighted by Crippen LogP contribution is -2.48. The van der Waals surface area contributed by atoms with E-state index in [1.54, 1.807) is 0 Å². The fourth-order valence-corrected chi connectivity index (χ4v) is 3.19. The van der Waals surface area contributed by atoms with Crippen LogP contribution in [0.4, 0.5) is 5.82 Å². The Morgan fingerprint density at radius 3 is 2.54 bits per heavy atom. The minimum Gasteiger partial charge on any atom is -0.463 e. The molecule has 0 radical (unpaired) electrons. The van der Waals surface area contributed by atoms with Gasteiger partial charge in [-0.1, -0.05) is 15.9 Å². The van der Waals surface area contributed by atoms with Crippen LogP contribution in [0.1, 0.15) is 20.8 Å². The monoisotopic (exact) mass is 431 g/mol. The second-order valence-electron chi connectivity index (χ2n) is 5.54. The standard InChI is InChI=1S/C15H18BrN3O7/c1-7(20)19(11-4-5-17-15(23)18-11)14-13(25-9(3)22)12(16)10(26-14)6-24-8(2)21/h4-5,10,12-14H,6H2,1-3H3,(H,17,18,23)/t10-,12+,13-,14-/m1/s1. The number of amides is 1. The quantitative estimate of drug-likeness (QED) is 0.513. The number of carbonyl (C=O) groups excluding carboxylic acids is 3. The van der Waals surface area contributed by atoms with Crippen molar-refractivity contribution in [3.8, 4) is 0 Å². The maximum absolute atomic E-state index is 12.2. The molecule has 1 amide bonds. The molecule has 2 rings (SSSR count). The van der Waals surface area contributed by atoms with Gasteiger partial charge in [0.05, 0.1) is 4.83 Å². The van der Waals surface area contributed by atoms with Gasteiger partial charge in [0.1, 0.15) is 18.5 Å². The van der Waals surface area contributed by atoms with E-state index >= 15 is 0 Å². The Morgan fingerprint density at radius 1 is 1.31 bits per heavy atom. The van der Waals surface area contributed by atoms with Gasteiger partial charge in [0.25, 0.3) is 0 Å². The molecule has 1 aliphatic heterocycles. The number of nitrogens with one attached hydrogen (secondary N) is 1. The van der Waals surface area contributed by atoms with Crippen molar-refractivity contribution in [3.05, 3.63) is 22.7 Å². The number of carbonyl (C=O) groups is 3. The summed E-state index contributed by atoms with van der Waals surface area (Å²) in [5, 5.41) is 0. The van der Waals surface area contributed by atoms with Crippen LogP contribution in [-0.2, 0) is 28.6 Å². The van der Waals surface area contributed by atoms with Crippen molar-refractivity contribution >= 4 is 39.6 Å². The summed E-state index contributed by atoms with van der Waals surface area (Å²) in [4.78, 5) is 52.8. The number of anilines is 1. The maximum atomic E-state index is 12.2. The molecule has 1 aromatic rings. The van der Waals surface area contributed by atoms with Crippen LogP contribution in [0.15, 0.2) is 17.1 Å².